The van der Waals surface area contributed by atoms with E-state index in [0.29, 0.717) is 16.9 Å². The fourth-order valence-corrected chi connectivity index (χ4v) is 3.97. The second-order valence-corrected chi connectivity index (χ2v) is 8.37. The molecule has 0 aliphatic rings. The minimum absolute atomic E-state index is 0.106. The molecule has 5 rings (SSSR count). The topological polar surface area (TPSA) is 88.0 Å². The molecule has 176 valence electrons. The number of ether oxygens (including phenoxy) is 1. The smallest absolute Gasteiger partial charge is 0.343 e. The van der Waals surface area contributed by atoms with Crippen molar-refractivity contribution in [3.8, 4) is 11.5 Å². The van der Waals surface area contributed by atoms with Gasteiger partial charge in [0.1, 0.15) is 11.5 Å². The van der Waals surface area contributed by atoms with Gasteiger partial charge in [-0.15, -0.1) is 0 Å². The number of esters is 1. The molecule has 2 N–H and O–H groups in total. The molecule has 0 bridgehead atoms. The van der Waals surface area contributed by atoms with Crippen LogP contribution in [-0.2, 0) is 0 Å². The van der Waals surface area contributed by atoms with Gasteiger partial charge in [0.2, 0.25) is 0 Å². The Morgan fingerprint density at radius 2 is 1.50 bits per heavy atom. The number of aromatic hydroxyl groups is 1. The molecular formula is C30H22N2O4. The minimum atomic E-state index is -0.562. The third kappa shape index (κ3) is 4.65. The summed E-state index contributed by atoms with van der Waals surface area (Å²) in [5.74, 6) is -0.886. The maximum Gasteiger partial charge on any atom is 0.343 e. The van der Waals surface area contributed by atoms with Crippen LogP contribution in [0.5, 0.6) is 11.5 Å². The van der Waals surface area contributed by atoms with Gasteiger partial charge in [0.05, 0.1) is 17.3 Å². The summed E-state index contributed by atoms with van der Waals surface area (Å²) in [6.07, 6.45) is 1.44. The molecule has 36 heavy (non-hydrogen) atoms. The molecule has 6 heteroatoms. The van der Waals surface area contributed by atoms with Crippen LogP contribution in [0.25, 0.3) is 21.5 Å². The quantitative estimate of drug-likeness (QED) is 0.142. The van der Waals surface area contributed by atoms with E-state index < -0.39 is 11.9 Å². The second-order valence-electron chi connectivity index (χ2n) is 8.37. The van der Waals surface area contributed by atoms with Crippen molar-refractivity contribution >= 4 is 39.6 Å². The van der Waals surface area contributed by atoms with Crippen molar-refractivity contribution < 1.29 is 19.4 Å². The van der Waals surface area contributed by atoms with Crippen LogP contribution in [0.4, 0.5) is 0 Å². The van der Waals surface area contributed by atoms with Crippen molar-refractivity contribution in [1.29, 1.82) is 0 Å². The largest absolute Gasteiger partial charge is 0.507 e. The third-order valence-corrected chi connectivity index (χ3v) is 5.89. The number of hydrogen-bond donors (Lipinski definition) is 2. The van der Waals surface area contributed by atoms with Crippen LogP contribution in [-0.4, -0.2) is 23.2 Å². The van der Waals surface area contributed by atoms with Gasteiger partial charge < -0.3 is 9.84 Å². The number of phenols is 1. The number of phenolic OH excluding ortho intramolecular Hbond substituents is 1. The van der Waals surface area contributed by atoms with Crippen LogP contribution in [0.1, 0.15) is 31.8 Å². The van der Waals surface area contributed by atoms with E-state index in [4.69, 9.17) is 4.74 Å². The molecule has 0 unspecified atom stereocenters. The Morgan fingerprint density at radius 1 is 0.833 bits per heavy atom. The first-order valence-corrected chi connectivity index (χ1v) is 11.4. The molecule has 0 heterocycles. The van der Waals surface area contributed by atoms with Gasteiger partial charge in [0.15, 0.2) is 0 Å². The Balaban J connectivity index is 1.44. The highest BCUT2D eigenvalue weighted by molar-refractivity contribution is 6.05. The monoisotopic (exact) mass is 474 g/mol. The highest BCUT2D eigenvalue weighted by atomic mass is 16.5. The van der Waals surface area contributed by atoms with E-state index in [1.165, 1.54) is 6.21 Å². The van der Waals surface area contributed by atoms with E-state index in [-0.39, 0.29) is 11.3 Å². The van der Waals surface area contributed by atoms with E-state index >= 15 is 0 Å². The summed E-state index contributed by atoms with van der Waals surface area (Å²) in [7, 11) is 0. The predicted molar refractivity (Wildman–Crippen MR) is 141 cm³/mol. The SMILES string of the molecule is Cc1ccc(C(=O)Oc2ccc3ccccc3c2C=NNC(=O)c2cc3ccccc3cc2O)cc1. The molecule has 0 aliphatic carbocycles. The molecule has 0 saturated carbocycles. The first-order chi connectivity index (χ1) is 17.5. The van der Waals surface area contributed by atoms with Crippen molar-refractivity contribution in [1.82, 2.24) is 5.43 Å². The first kappa shape index (κ1) is 22.8. The fraction of sp³-hybridized carbons (Fsp3) is 0.0333. The molecule has 5 aromatic rings. The molecule has 0 radical (unpaired) electrons. The zero-order valence-electron chi connectivity index (χ0n) is 19.4. The van der Waals surface area contributed by atoms with E-state index in [9.17, 15) is 14.7 Å². The minimum Gasteiger partial charge on any atom is -0.507 e. The summed E-state index contributed by atoms with van der Waals surface area (Å²) in [5, 5.41) is 17.8. The number of hydrogen-bond acceptors (Lipinski definition) is 5. The summed E-state index contributed by atoms with van der Waals surface area (Å²) in [6, 6.07) is 28.9. The lowest BCUT2D eigenvalue weighted by Crippen LogP contribution is -2.18. The number of hydrazone groups is 1. The zero-order valence-corrected chi connectivity index (χ0v) is 19.4. The number of amides is 1. The lowest BCUT2D eigenvalue weighted by atomic mass is 10.0. The number of benzene rings is 5. The molecule has 0 aliphatic heterocycles. The first-order valence-electron chi connectivity index (χ1n) is 11.4. The highest BCUT2D eigenvalue weighted by Gasteiger charge is 2.15. The number of nitrogens with zero attached hydrogens (tertiary/aromatic N) is 1. The predicted octanol–water partition coefficient (Wildman–Crippen LogP) is 5.99. The molecular weight excluding hydrogens is 452 g/mol. The molecule has 0 spiro atoms. The summed E-state index contributed by atoms with van der Waals surface area (Å²) in [4.78, 5) is 25.5. The number of carbonyl (C=O) groups excluding carboxylic acids is 2. The molecule has 0 atom stereocenters. The summed E-state index contributed by atoms with van der Waals surface area (Å²) < 4.78 is 5.71. The molecule has 0 saturated heterocycles. The lowest BCUT2D eigenvalue weighted by Gasteiger charge is -2.11. The Bertz CT molecular complexity index is 1640. The van der Waals surface area contributed by atoms with E-state index in [0.717, 1.165) is 27.1 Å². The third-order valence-electron chi connectivity index (χ3n) is 5.89. The second kappa shape index (κ2) is 9.72. The average molecular weight is 475 g/mol. The van der Waals surface area contributed by atoms with Gasteiger partial charge in [-0.05, 0) is 58.8 Å². The molecule has 1 amide bonds. The fourth-order valence-electron chi connectivity index (χ4n) is 3.97. The lowest BCUT2D eigenvalue weighted by molar-refractivity contribution is 0.0734. The number of aryl methyl sites for hydroxylation is 1. The van der Waals surface area contributed by atoms with Crippen LogP contribution in [0.3, 0.4) is 0 Å². The van der Waals surface area contributed by atoms with Crippen LogP contribution in [0, 0.1) is 6.92 Å². The highest BCUT2D eigenvalue weighted by Crippen LogP contribution is 2.28. The van der Waals surface area contributed by atoms with Gasteiger partial charge in [-0.1, -0.05) is 72.3 Å². The average Bonchev–Trinajstić information content (AvgIpc) is 2.89. The van der Waals surface area contributed by atoms with Crippen molar-refractivity contribution in [2.75, 3.05) is 0 Å². The van der Waals surface area contributed by atoms with Crippen LogP contribution in [0.15, 0.2) is 102 Å². The van der Waals surface area contributed by atoms with Gasteiger partial charge in [-0.3, -0.25) is 4.79 Å². The van der Waals surface area contributed by atoms with E-state index in [1.807, 2.05) is 73.7 Å². The van der Waals surface area contributed by atoms with Crippen LogP contribution < -0.4 is 10.2 Å². The summed E-state index contributed by atoms with van der Waals surface area (Å²) in [5.41, 5.74) is 4.58. The van der Waals surface area contributed by atoms with Crippen molar-refractivity contribution in [2.24, 2.45) is 5.10 Å². The Kier molecular flexibility index (Phi) is 6.16. The molecule has 0 aromatic heterocycles. The van der Waals surface area contributed by atoms with E-state index in [1.54, 1.807) is 30.3 Å². The van der Waals surface area contributed by atoms with E-state index in [2.05, 4.69) is 10.5 Å². The maximum atomic E-state index is 12.8. The van der Waals surface area contributed by atoms with Crippen molar-refractivity contribution in [3.63, 3.8) is 0 Å². The maximum absolute atomic E-state index is 12.8. The van der Waals surface area contributed by atoms with Gasteiger partial charge in [0.25, 0.3) is 5.91 Å². The Morgan fingerprint density at radius 3 is 2.25 bits per heavy atom. The van der Waals surface area contributed by atoms with Gasteiger partial charge in [-0.2, -0.15) is 5.10 Å². The summed E-state index contributed by atoms with van der Waals surface area (Å²) >= 11 is 0. The van der Waals surface area contributed by atoms with Crippen molar-refractivity contribution in [2.45, 2.75) is 6.92 Å². The normalized spacial score (nSPS) is 11.1. The van der Waals surface area contributed by atoms with Crippen LogP contribution in [0.2, 0.25) is 0 Å². The zero-order chi connectivity index (χ0) is 25.1. The number of fused-ring (bicyclic) bond motifs is 2. The number of carbonyl (C=O) groups is 2. The summed E-state index contributed by atoms with van der Waals surface area (Å²) in [6.45, 7) is 1.94. The van der Waals surface area contributed by atoms with Crippen molar-refractivity contribution in [3.05, 3.63) is 119 Å². The standard InChI is InChI=1S/C30H22N2O4/c1-19-10-12-21(13-11-19)30(35)36-28-15-14-20-6-4-5-9-24(20)26(28)18-31-32-29(34)25-16-22-7-2-3-8-23(22)17-27(25)33/h2-18,33H,1H3,(H,32,34). The molecule has 6 nitrogen and oxygen atoms in total. The number of rotatable bonds is 5. The molecule has 5 aromatic carbocycles. The number of nitrogens with one attached hydrogen (secondary N) is 1. The van der Waals surface area contributed by atoms with Gasteiger partial charge in [-0.25, -0.2) is 10.2 Å². The Hall–Kier alpha value is -4.97. The van der Waals surface area contributed by atoms with Crippen LogP contribution >= 0.6 is 0 Å². The van der Waals surface area contributed by atoms with Gasteiger partial charge in [0, 0.05) is 5.56 Å². The Labute approximate surface area is 207 Å². The molecule has 0 fully saturated rings. The van der Waals surface area contributed by atoms with Gasteiger partial charge >= 0.3 is 5.97 Å².